The predicted octanol–water partition coefficient (Wildman–Crippen LogP) is 3.35. The van der Waals surface area contributed by atoms with E-state index in [1.807, 2.05) is 25.1 Å². The summed E-state index contributed by atoms with van der Waals surface area (Å²) in [6, 6.07) is 9.65. The number of carbonyl (C=O) groups excluding carboxylic acids is 1. The van der Waals surface area contributed by atoms with E-state index in [1.54, 1.807) is 9.80 Å². The summed E-state index contributed by atoms with van der Waals surface area (Å²) in [5.41, 5.74) is 2.00. The molecule has 0 radical (unpaired) electrons. The molecule has 1 saturated carbocycles. The van der Waals surface area contributed by atoms with Crippen molar-refractivity contribution in [1.29, 1.82) is 0 Å². The van der Waals surface area contributed by atoms with E-state index < -0.39 is 16.2 Å². The highest BCUT2D eigenvalue weighted by Crippen LogP contribution is 2.40. The second-order valence-corrected chi connectivity index (χ2v) is 11.0. The standard InChI is InChI=1S/C24H31N5O4S/c1-3-13-27-23-20(22-25-19(15-29(22)24(27)30)16-33-34(2,31)32)28(14-17-9-5-4-6-10-17)21(26-23)18-11-7-8-12-18/h4-6,9-10,18-19H,3,7-8,11-16H2,1-2H3. The fourth-order valence-electron chi connectivity index (χ4n) is 5.18. The monoisotopic (exact) mass is 485 g/mol. The molecule has 34 heavy (non-hydrogen) atoms. The normalized spacial score (nSPS) is 20.6. The first-order valence-electron chi connectivity index (χ1n) is 12.0. The van der Waals surface area contributed by atoms with Crippen LogP contribution in [0.3, 0.4) is 0 Å². The van der Waals surface area contributed by atoms with Gasteiger partial charge in [0.25, 0.3) is 10.1 Å². The maximum atomic E-state index is 13.5. The lowest BCUT2D eigenvalue weighted by molar-refractivity contribution is 0.223. The molecule has 5 rings (SSSR count). The molecule has 0 N–H and O–H groups in total. The van der Waals surface area contributed by atoms with Crippen LogP contribution in [0.1, 0.15) is 62.0 Å². The van der Waals surface area contributed by atoms with E-state index in [0.29, 0.717) is 37.2 Å². The van der Waals surface area contributed by atoms with Crippen LogP contribution in [-0.2, 0) is 20.8 Å². The summed E-state index contributed by atoms with van der Waals surface area (Å²) in [4.78, 5) is 26.8. The zero-order chi connectivity index (χ0) is 23.9. The molecule has 1 atom stereocenters. The number of rotatable bonds is 8. The first-order chi connectivity index (χ1) is 16.4. The molecular formula is C24H31N5O4S. The lowest BCUT2D eigenvalue weighted by Crippen LogP contribution is -2.51. The van der Waals surface area contributed by atoms with Crippen LogP contribution in [-0.4, -0.2) is 66.7 Å². The van der Waals surface area contributed by atoms with Gasteiger partial charge in [0.2, 0.25) is 0 Å². The van der Waals surface area contributed by atoms with Crippen LogP contribution < -0.4 is 4.90 Å². The van der Waals surface area contributed by atoms with E-state index in [9.17, 15) is 13.2 Å². The van der Waals surface area contributed by atoms with Gasteiger partial charge in [-0.3, -0.25) is 19.0 Å². The highest BCUT2D eigenvalue weighted by Gasteiger charge is 2.44. The molecule has 9 nitrogen and oxygen atoms in total. The average molecular weight is 486 g/mol. The molecule has 1 aromatic heterocycles. The van der Waals surface area contributed by atoms with Crippen LogP contribution in [0.5, 0.6) is 0 Å². The summed E-state index contributed by atoms with van der Waals surface area (Å²) in [6.07, 6.45) is 6.38. The van der Waals surface area contributed by atoms with Crippen molar-refractivity contribution in [1.82, 2.24) is 14.5 Å². The minimum Gasteiger partial charge on any atom is -0.319 e. The third-order valence-electron chi connectivity index (χ3n) is 6.69. The zero-order valence-corrected chi connectivity index (χ0v) is 20.5. The number of amides is 2. The number of imidazole rings is 1. The molecule has 3 heterocycles. The van der Waals surface area contributed by atoms with Gasteiger partial charge in [-0.2, -0.15) is 8.42 Å². The van der Waals surface area contributed by atoms with Crippen LogP contribution in [0.4, 0.5) is 10.6 Å². The number of carbonyl (C=O) groups is 1. The Morgan fingerprint density at radius 2 is 1.88 bits per heavy atom. The number of aliphatic imine (C=N–C) groups is 1. The van der Waals surface area contributed by atoms with Crippen molar-refractivity contribution in [2.24, 2.45) is 4.99 Å². The fourth-order valence-corrected chi connectivity index (χ4v) is 5.58. The van der Waals surface area contributed by atoms with Gasteiger partial charge in [-0.25, -0.2) is 9.78 Å². The van der Waals surface area contributed by atoms with Gasteiger partial charge in [-0.05, 0) is 24.8 Å². The number of urea groups is 1. The van der Waals surface area contributed by atoms with Gasteiger partial charge < -0.3 is 4.57 Å². The minimum absolute atomic E-state index is 0.0858. The predicted molar refractivity (Wildman–Crippen MR) is 130 cm³/mol. The number of nitrogens with zero attached hydrogens (tertiary/aromatic N) is 5. The van der Waals surface area contributed by atoms with Crippen molar-refractivity contribution < 1.29 is 17.4 Å². The first kappa shape index (κ1) is 23.0. The number of fused-ring (bicyclic) bond motifs is 3. The molecule has 1 unspecified atom stereocenters. The Morgan fingerprint density at radius 3 is 2.56 bits per heavy atom. The zero-order valence-electron chi connectivity index (χ0n) is 19.7. The molecule has 0 saturated heterocycles. The van der Waals surface area contributed by atoms with Gasteiger partial charge in [0.15, 0.2) is 11.7 Å². The number of benzene rings is 1. The molecule has 2 aliphatic heterocycles. The summed E-state index contributed by atoms with van der Waals surface area (Å²) >= 11 is 0. The molecule has 1 fully saturated rings. The molecule has 1 aliphatic carbocycles. The molecule has 0 bridgehead atoms. The molecule has 1 aromatic carbocycles. The van der Waals surface area contributed by atoms with Gasteiger partial charge in [0.05, 0.1) is 25.4 Å². The van der Waals surface area contributed by atoms with E-state index in [4.69, 9.17) is 14.2 Å². The minimum atomic E-state index is -3.59. The Balaban J connectivity index is 1.62. The molecule has 10 heteroatoms. The van der Waals surface area contributed by atoms with Gasteiger partial charge >= 0.3 is 6.03 Å². The second kappa shape index (κ2) is 9.14. The Labute approximate surface area is 200 Å². The first-order valence-corrected chi connectivity index (χ1v) is 13.8. The van der Waals surface area contributed by atoms with Crippen molar-refractivity contribution in [2.45, 2.75) is 57.5 Å². The quantitative estimate of drug-likeness (QED) is 0.534. The Hall–Kier alpha value is -2.72. The largest absolute Gasteiger partial charge is 0.331 e. The van der Waals surface area contributed by atoms with Gasteiger partial charge in [-0.1, -0.05) is 50.1 Å². The van der Waals surface area contributed by atoms with Crippen LogP contribution in [0.15, 0.2) is 35.3 Å². The molecule has 0 spiro atoms. The molecule has 3 aliphatic rings. The van der Waals surface area contributed by atoms with Crippen molar-refractivity contribution >= 4 is 27.8 Å². The average Bonchev–Trinajstić information content (AvgIpc) is 3.54. The second-order valence-electron chi connectivity index (χ2n) is 9.34. The maximum Gasteiger partial charge on any atom is 0.331 e. The van der Waals surface area contributed by atoms with Gasteiger partial charge in [-0.15, -0.1) is 0 Å². The van der Waals surface area contributed by atoms with E-state index in [0.717, 1.165) is 42.6 Å². The van der Waals surface area contributed by atoms with E-state index in [-0.39, 0.29) is 12.6 Å². The number of aromatic nitrogens is 2. The molecular weight excluding hydrogens is 454 g/mol. The highest BCUT2D eigenvalue weighted by molar-refractivity contribution is 7.85. The van der Waals surface area contributed by atoms with Crippen LogP contribution >= 0.6 is 0 Å². The number of anilines is 1. The maximum absolute atomic E-state index is 13.5. The van der Waals surface area contributed by atoms with Crippen molar-refractivity contribution in [3.8, 4) is 0 Å². The Kier molecular flexibility index (Phi) is 6.20. The summed E-state index contributed by atoms with van der Waals surface area (Å²) in [5, 5.41) is 0. The van der Waals surface area contributed by atoms with Crippen molar-refractivity contribution in [3.63, 3.8) is 0 Å². The van der Waals surface area contributed by atoms with E-state index in [2.05, 4.69) is 16.7 Å². The topological polar surface area (TPSA) is 97.1 Å². The van der Waals surface area contributed by atoms with Crippen LogP contribution in [0.25, 0.3) is 0 Å². The summed E-state index contributed by atoms with van der Waals surface area (Å²) in [7, 11) is -3.59. The fraction of sp³-hybridized carbons (Fsp3) is 0.542. The highest BCUT2D eigenvalue weighted by atomic mass is 32.2. The summed E-state index contributed by atoms with van der Waals surface area (Å²) in [6.45, 7) is 3.45. The summed E-state index contributed by atoms with van der Waals surface area (Å²) < 4.78 is 30.3. The lowest BCUT2D eigenvalue weighted by atomic mass is 10.1. The Bertz CT molecular complexity index is 1200. The molecule has 2 amide bonds. The van der Waals surface area contributed by atoms with E-state index in [1.165, 1.54) is 12.8 Å². The van der Waals surface area contributed by atoms with Gasteiger partial charge in [0.1, 0.15) is 11.5 Å². The van der Waals surface area contributed by atoms with Gasteiger partial charge in [0, 0.05) is 19.0 Å². The number of hydrogen-bond acceptors (Lipinski definition) is 6. The van der Waals surface area contributed by atoms with Crippen LogP contribution in [0.2, 0.25) is 0 Å². The SMILES string of the molecule is CCCN1C(=O)N2CC(COS(C)(=O)=O)N=C2c2c1nc(C1CCCC1)n2Cc1ccccc1. The van der Waals surface area contributed by atoms with Crippen molar-refractivity contribution in [2.75, 3.05) is 30.9 Å². The Morgan fingerprint density at radius 1 is 1.15 bits per heavy atom. The smallest absolute Gasteiger partial charge is 0.319 e. The van der Waals surface area contributed by atoms with E-state index >= 15 is 0 Å². The summed E-state index contributed by atoms with van der Waals surface area (Å²) in [5.74, 6) is 2.61. The van der Waals surface area contributed by atoms with Crippen LogP contribution in [0, 0.1) is 0 Å². The third kappa shape index (κ3) is 4.36. The number of hydrogen-bond donors (Lipinski definition) is 0. The lowest BCUT2D eigenvalue weighted by Gasteiger charge is -2.33. The number of amidine groups is 1. The molecule has 182 valence electrons. The third-order valence-corrected chi connectivity index (χ3v) is 7.25. The van der Waals surface area contributed by atoms with Crippen molar-refractivity contribution in [3.05, 3.63) is 47.4 Å². The molecule has 2 aromatic rings.